The number of carbonyl (C=O) groups excluding carboxylic acids is 1. The van der Waals surface area contributed by atoms with Gasteiger partial charge in [0.25, 0.3) is 5.91 Å². The van der Waals surface area contributed by atoms with Crippen LogP contribution in [-0.4, -0.2) is 17.0 Å². The van der Waals surface area contributed by atoms with Gasteiger partial charge in [-0.2, -0.15) is 0 Å². The summed E-state index contributed by atoms with van der Waals surface area (Å²) in [6, 6.07) is 1.53. The standard InChI is InChI=1S/C9H7NO3S/c1-2-3-7(11)10-6-4-5-14-8(6)9(12)13/h4-5H,1H3,(H,10,11)(H,12,13). The number of aromatic carboxylic acids is 1. The highest BCUT2D eigenvalue weighted by Crippen LogP contribution is 2.21. The summed E-state index contributed by atoms with van der Waals surface area (Å²) in [5, 5.41) is 12.7. The van der Waals surface area contributed by atoms with Gasteiger partial charge in [-0.05, 0) is 24.3 Å². The molecule has 1 heterocycles. The molecule has 1 aromatic rings. The number of carboxylic acids is 1. The summed E-state index contributed by atoms with van der Waals surface area (Å²) in [6.07, 6.45) is 0. The fourth-order valence-electron chi connectivity index (χ4n) is 0.840. The van der Waals surface area contributed by atoms with Crippen LogP contribution in [0.5, 0.6) is 0 Å². The lowest BCUT2D eigenvalue weighted by Gasteiger charge is -1.98. The van der Waals surface area contributed by atoms with Crippen LogP contribution in [0.25, 0.3) is 0 Å². The van der Waals surface area contributed by atoms with E-state index in [1.54, 1.807) is 5.38 Å². The molecule has 2 N–H and O–H groups in total. The van der Waals surface area contributed by atoms with Gasteiger partial charge in [-0.15, -0.1) is 11.3 Å². The highest BCUT2D eigenvalue weighted by atomic mass is 32.1. The lowest BCUT2D eigenvalue weighted by atomic mass is 10.4. The number of anilines is 1. The molecule has 0 spiro atoms. The van der Waals surface area contributed by atoms with Crippen LogP contribution in [0.3, 0.4) is 0 Å². The Morgan fingerprint density at radius 2 is 2.29 bits per heavy atom. The van der Waals surface area contributed by atoms with Crippen molar-refractivity contribution in [2.24, 2.45) is 0 Å². The number of hydrogen-bond donors (Lipinski definition) is 2. The van der Waals surface area contributed by atoms with E-state index in [0.717, 1.165) is 11.3 Å². The Hall–Kier alpha value is -1.80. The van der Waals surface area contributed by atoms with E-state index in [2.05, 4.69) is 17.2 Å². The van der Waals surface area contributed by atoms with Crippen molar-refractivity contribution in [3.63, 3.8) is 0 Å². The van der Waals surface area contributed by atoms with Gasteiger partial charge >= 0.3 is 5.97 Å². The van der Waals surface area contributed by atoms with Crippen LogP contribution in [0.2, 0.25) is 0 Å². The van der Waals surface area contributed by atoms with E-state index < -0.39 is 11.9 Å². The van der Waals surface area contributed by atoms with Gasteiger partial charge in [-0.1, -0.05) is 5.92 Å². The summed E-state index contributed by atoms with van der Waals surface area (Å²) in [4.78, 5) is 21.8. The van der Waals surface area contributed by atoms with Crippen LogP contribution >= 0.6 is 11.3 Å². The van der Waals surface area contributed by atoms with Crippen LogP contribution < -0.4 is 5.32 Å². The quantitative estimate of drug-likeness (QED) is 0.724. The molecule has 0 aliphatic rings. The number of thiophene rings is 1. The maximum Gasteiger partial charge on any atom is 0.348 e. The minimum absolute atomic E-state index is 0.108. The molecule has 72 valence electrons. The second-order valence-corrected chi connectivity index (χ2v) is 3.21. The minimum atomic E-state index is -1.06. The Balaban J connectivity index is 2.85. The third-order valence-corrected chi connectivity index (χ3v) is 2.25. The maximum absolute atomic E-state index is 11.0. The SMILES string of the molecule is CC#CC(=O)Nc1ccsc1C(=O)O. The summed E-state index contributed by atoms with van der Waals surface area (Å²) in [6.45, 7) is 1.53. The fourth-order valence-corrected chi connectivity index (χ4v) is 1.53. The van der Waals surface area contributed by atoms with Crippen molar-refractivity contribution in [3.8, 4) is 11.8 Å². The Kier molecular flexibility index (Phi) is 3.26. The summed E-state index contributed by atoms with van der Waals surface area (Å²) in [5.74, 6) is 3.12. The zero-order valence-corrected chi connectivity index (χ0v) is 8.14. The maximum atomic E-state index is 11.0. The van der Waals surface area contributed by atoms with Gasteiger partial charge in [0.05, 0.1) is 5.69 Å². The lowest BCUT2D eigenvalue weighted by molar-refractivity contribution is -0.111. The first kappa shape index (κ1) is 10.3. The monoisotopic (exact) mass is 209 g/mol. The van der Waals surface area contributed by atoms with Gasteiger partial charge in [0, 0.05) is 0 Å². The van der Waals surface area contributed by atoms with Crippen molar-refractivity contribution in [2.75, 3.05) is 5.32 Å². The summed E-state index contributed by atoms with van der Waals surface area (Å²) in [7, 11) is 0. The smallest absolute Gasteiger partial charge is 0.348 e. The molecule has 0 radical (unpaired) electrons. The van der Waals surface area contributed by atoms with Crippen molar-refractivity contribution in [2.45, 2.75) is 6.92 Å². The molecular weight excluding hydrogens is 202 g/mol. The molecule has 0 aliphatic carbocycles. The third-order valence-electron chi connectivity index (χ3n) is 1.35. The molecule has 4 nitrogen and oxygen atoms in total. The predicted octanol–water partition coefficient (Wildman–Crippen LogP) is 1.41. The van der Waals surface area contributed by atoms with Gasteiger partial charge in [0.1, 0.15) is 4.88 Å². The number of hydrogen-bond acceptors (Lipinski definition) is 3. The van der Waals surface area contributed by atoms with Crippen LogP contribution in [0.15, 0.2) is 11.4 Å². The van der Waals surface area contributed by atoms with E-state index in [1.165, 1.54) is 13.0 Å². The molecule has 0 saturated heterocycles. The topological polar surface area (TPSA) is 66.4 Å². The Morgan fingerprint density at radius 1 is 1.57 bits per heavy atom. The molecule has 0 saturated carbocycles. The van der Waals surface area contributed by atoms with Crippen molar-refractivity contribution >= 4 is 28.9 Å². The Morgan fingerprint density at radius 3 is 2.86 bits per heavy atom. The molecular formula is C9H7NO3S. The average Bonchev–Trinajstić information content (AvgIpc) is 2.52. The highest BCUT2D eigenvalue weighted by Gasteiger charge is 2.12. The molecule has 0 bridgehead atoms. The highest BCUT2D eigenvalue weighted by molar-refractivity contribution is 7.12. The number of rotatable bonds is 2. The normalized spacial score (nSPS) is 8.64. The molecule has 0 unspecified atom stereocenters. The Labute approximate surface area is 84.6 Å². The zero-order valence-electron chi connectivity index (χ0n) is 7.33. The Bertz CT molecular complexity index is 425. The molecule has 0 fully saturated rings. The van der Waals surface area contributed by atoms with Crippen molar-refractivity contribution in [3.05, 3.63) is 16.3 Å². The molecule has 0 aromatic carbocycles. The molecule has 5 heteroatoms. The second kappa shape index (κ2) is 4.44. The van der Waals surface area contributed by atoms with E-state index in [4.69, 9.17) is 5.11 Å². The number of carbonyl (C=O) groups is 2. The van der Waals surface area contributed by atoms with Gasteiger partial charge in [-0.3, -0.25) is 4.79 Å². The minimum Gasteiger partial charge on any atom is -0.477 e. The van der Waals surface area contributed by atoms with E-state index in [0.29, 0.717) is 0 Å². The summed E-state index contributed by atoms with van der Waals surface area (Å²) in [5.41, 5.74) is 0.287. The first-order valence-electron chi connectivity index (χ1n) is 3.69. The molecule has 0 atom stereocenters. The van der Waals surface area contributed by atoms with E-state index in [-0.39, 0.29) is 10.6 Å². The van der Waals surface area contributed by atoms with Crippen LogP contribution in [0.4, 0.5) is 5.69 Å². The summed E-state index contributed by atoms with van der Waals surface area (Å²) >= 11 is 1.06. The van der Waals surface area contributed by atoms with Crippen LogP contribution in [-0.2, 0) is 4.79 Å². The van der Waals surface area contributed by atoms with E-state index in [9.17, 15) is 9.59 Å². The molecule has 1 amide bonds. The lowest BCUT2D eigenvalue weighted by Crippen LogP contribution is -2.10. The molecule has 14 heavy (non-hydrogen) atoms. The van der Waals surface area contributed by atoms with Gasteiger partial charge in [0.15, 0.2) is 0 Å². The molecule has 1 aromatic heterocycles. The van der Waals surface area contributed by atoms with Crippen molar-refractivity contribution < 1.29 is 14.7 Å². The van der Waals surface area contributed by atoms with Gasteiger partial charge in [0.2, 0.25) is 0 Å². The largest absolute Gasteiger partial charge is 0.477 e. The summed E-state index contributed by atoms with van der Waals surface area (Å²) < 4.78 is 0. The van der Waals surface area contributed by atoms with Gasteiger partial charge in [-0.25, -0.2) is 4.79 Å². The fraction of sp³-hybridized carbons (Fsp3) is 0.111. The van der Waals surface area contributed by atoms with E-state index >= 15 is 0 Å². The predicted molar refractivity (Wildman–Crippen MR) is 53.4 cm³/mol. The first-order chi connectivity index (χ1) is 6.65. The number of amides is 1. The third kappa shape index (κ3) is 2.34. The van der Waals surface area contributed by atoms with Crippen LogP contribution in [0, 0.1) is 11.8 Å². The molecule has 1 rings (SSSR count). The second-order valence-electron chi connectivity index (χ2n) is 2.30. The first-order valence-corrected chi connectivity index (χ1v) is 4.57. The van der Waals surface area contributed by atoms with Crippen molar-refractivity contribution in [1.29, 1.82) is 0 Å². The molecule has 0 aliphatic heterocycles. The zero-order chi connectivity index (χ0) is 10.6. The average molecular weight is 209 g/mol. The van der Waals surface area contributed by atoms with Gasteiger partial charge < -0.3 is 10.4 Å². The number of nitrogens with one attached hydrogen (secondary N) is 1. The van der Waals surface area contributed by atoms with Crippen molar-refractivity contribution in [1.82, 2.24) is 0 Å². The number of carboxylic acid groups (broad SMARTS) is 1. The van der Waals surface area contributed by atoms with E-state index in [1.807, 2.05) is 0 Å². The van der Waals surface area contributed by atoms with Crippen LogP contribution in [0.1, 0.15) is 16.6 Å².